The number of hydrogen-bond donors (Lipinski definition) is 1. The fourth-order valence-electron chi connectivity index (χ4n) is 2.50. The Morgan fingerprint density at radius 3 is 2.32 bits per heavy atom. The Labute approximate surface area is 115 Å². The van der Waals surface area contributed by atoms with Gasteiger partial charge in [0.25, 0.3) is 0 Å². The quantitative estimate of drug-likeness (QED) is 0.713. The third-order valence-corrected chi connectivity index (χ3v) is 3.44. The monoisotopic (exact) mass is 261 g/mol. The zero-order valence-corrected chi connectivity index (χ0v) is 11.5. The minimum atomic E-state index is -0.649. The third-order valence-electron chi connectivity index (χ3n) is 3.44. The minimum absolute atomic E-state index is 0.0906. The molecule has 0 bridgehead atoms. The maximum Gasteiger partial charge on any atom is 0.235 e. The molecule has 0 aliphatic heterocycles. The number of nitrogens with one attached hydrogen (secondary N) is 1. The molecule has 0 unspecified atom stereocenters. The maximum absolute atomic E-state index is 12.1. The average Bonchev–Trinajstić information content (AvgIpc) is 2.40. The van der Waals surface area contributed by atoms with Gasteiger partial charge in [0, 0.05) is 13.1 Å². The lowest BCUT2D eigenvalue weighted by atomic mass is 9.83. The molecular formula is C15H23N3O. The van der Waals surface area contributed by atoms with E-state index in [1.54, 1.807) is 12.2 Å². The molecule has 0 aromatic rings. The number of hydrogen-bond acceptors (Lipinski definition) is 3. The fraction of sp³-hybridized carbons (Fsp3) is 0.600. The summed E-state index contributed by atoms with van der Waals surface area (Å²) in [6.07, 6.45) is 8.22. The van der Waals surface area contributed by atoms with Crippen LogP contribution in [0.15, 0.2) is 25.3 Å². The molecule has 4 nitrogen and oxygen atoms in total. The van der Waals surface area contributed by atoms with E-state index >= 15 is 0 Å². The van der Waals surface area contributed by atoms with Crippen LogP contribution in [0, 0.1) is 11.3 Å². The second-order valence-corrected chi connectivity index (χ2v) is 5.07. The predicted octanol–water partition coefficient (Wildman–Crippen LogP) is 2.00. The molecule has 104 valence electrons. The predicted molar refractivity (Wildman–Crippen MR) is 76.4 cm³/mol. The van der Waals surface area contributed by atoms with Crippen LogP contribution in [0.5, 0.6) is 0 Å². The van der Waals surface area contributed by atoms with Gasteiger partial charge in [0.1, 0.15) is 5.54 Å². The topological polar surface area (TPSA) is 56.1 Å². The van der Waals surface area contributed by atoms with Crippen LogP contribution in [-0.2, 0) is 4.79 Å². The molecule has 0 aromatic heterocycles. The summed E-state index contributed by atoms with van der Waals surface area (Å²) in [6.45, 7) is 8.91. The van der Waals surface area contributed by atoms with E-state index in [-0.39, 0.29) is 12.5 Å². The van der Waals surface area contributed by atoms with Crippen molar-refractivity contribution in [3.63, 3.8) is 0 Å². The summed E-state index contributed by atoms with van der Waals surface area (Å²) in [6, 6.07) is 2.29. The summed E-state index contributed by atoms with van der Waals surface area (Å²) in [4.78, 5) is 14.0. The molecule has 0 radical (unpaired) electrons. The Bertz CT molecular complexity index is 354. The van der Waals surface area contributed by atoms with Gasteiger partial charge < -0.3 is 5.32 Å². The van der Waals surface area contributed by atoms with Crippen LogP contribution in [0.3, 0.4) is 0 Å². The van der Waals surface area contributed by atoms with Gasteiger partial charge in [-0.1, -0.05) is 31.4 Å². The Hall–Kier alpha value is -1.60. The zero-order chi connectivity index (χ0) is 14.1. The maximum atomic E-state index is 12.1. The first-order valence-electron chi connectivity index (χ1n) is 6.82. The van der Waals surface area contributed by atoms with Crippen LogP contribution in [-0.4, -0.2) is 36.0 Å². The van der Waals surface area contributed by atoms with Gasteiger partial charge in [-0.05, 0) is 12.8 Å². The molecule has 0 saturated heterocycles. The molecule has 4 heteroatoms. The van der Waals surface area contributed by atoms with Crippen molar-refractivity contribution in [3.05, 3.63) is 25.3 Å². The number of amides is 1. The first-order valence-corrected chi connectivity index (χ1v) is 6.82. The van der Waals surface area contributed by atoms with Crippen molar-refractivity contribution in [2.24, 2.45) is 0 Å². The van der Waals surface area contributed by atoms with Crippen molar-refractivity contribution in [2.45, 2.75) is 37.6 Å². The molecule has 0 aromatic carbocycles. The van der Waals surface area contributed by atoms with Crippen LogP contribution in [0.1, 0.15) is 32.1 Å². The van der Waals surface area contributed by atoms with Crippen LogP contribution < -0.4 is 5.32 Å². The van der Waals surface area contributed by atoms with Crippen LogP contribution >= 0.6 is 0 Å². The van der Waals surface area contributed by atoms with Crippen molar-refractivity contribution < 1.29 is 4.79 Å². The van der Waals surface area contributed by atoms with Gasteiger partial charge in [-0.2, -0.15) is 5.26 Å². The van der Waals surface area contributed by atoms with Gasteiger partial charge in [0.2, 0.25) is 5.91 Å². The smallest absolute Gasteiger partial charge is 0.235 e. The highest BCUT2D eigenvalue weighted by atomic mass is 16.2. The summed E-state index contributed by atoms with van der Waals surface area (Å²) < 4.78 is 0. The van der Waals surface area contributed by atoms with Crippen molar-refractivity contribution in [1.29, 1.82) is 5.26 Å². The fourth-order valence-corrected chi connectivity index (χ4v) is 2.50. The summed E-state index contributed by atoms with van der Waals surface area (Å²) in [7, 11) is 0. The molecule has 1 rings (SSSR count). The standard InChI is InChI=1S/C15H23N3O/c1-3-10-18(11-4-2)12-14(19)17-15(13-16)8-6-5-7-9-15/h3-4H,1-2,5-12H2,(H,17,19). The number of nitriles is 1. The Kier molecular flexibility index (Phi) is 6.31. The molecule has 0 spiro atoms. The largest absolute Gasteiger partial charge is 0.337 e. The lowest BCUT2D eigenvalue weighted by Gasteiger charge is -2.32. The molecule has 1 amide bonds. The molecule has 1 aliphatic carbocycles. The van der Waals surface area contributed by atoms with Gasteiger partial charge in [-0.15, -0.1) is 13.2 Å². The van der Waals surface area contributed by atoms with Crippen molar-refractivity contribution >= 4 is 5.91 Å². The lowest BCUT2D eigenvalue weighted by Crippen LogP contribution is -2.51. The molecule has 1 saturated carbocycles. The number of rotatable bonds is 7. The SMILES string of the molecule is C=CCN(CC=C)CC(=O)NC1(C#N)CCCCC1. The van der Waals surface area contributed by atoms with E-state index < -0.39 is 5.54 Å². The zero-order valence-electron chi connectivity index (χ0n) is 11.5. The van der Waals surface area contributed by atoms with E-state index in [1.165, 1.54) is 0 Å². The summed E-state index contributed by atoms with van der Waals surface area (Å²) in [5.74, 6) is -0.0906. The molecule has 1 fully saturated rings. The molecule has 0 heterocycles. The van der Waals surface area contributed by atoms with Crippen LogP contribution in [0.2, 0.25) is 0 Å². The van der Waals surface area contributed by atoms with Crippen molar-refractivity contribution in [1.82, 2.24) is 10.2 Å². The first kappa shape index (κ1) is 15.5. The van der Waals surface area contributed by atoms with Crippen molar-refractivity contribution in [3.8, 4) is 6.07 Å². The highest BCUT2D eigenvalue weighted by molar-refractivity contribution is 5.79. The number of carbonyl (C=O) groups excluding carboxylic acids is 1. The molecule has 19 heavy (non-hydrogen) atoms. The van der Waals surface area contributed by atoms with E-state index in [2.05, 4.69) is 24.5 Å². The van der Waals surface area contributed by atoms with Crippen LogP contribution in [0.25, 0.3) is 0 Å². The van der Waals surface area contributed by atoms with E-state index in [0.717, 1.165) is 32.1 Å². The van der Waals surface area contributed by atoms with Crippen molar-refractivity contribution in [2.75, 3.05) is 19.6 Å². The van der Waals surface area contributed by atoms with Gasteiger partial charge in [-0.25, -0.2) is 0 Å². The van der Waals surface area contributed by atoms with E-state index in [0.29, 0.717) is 13.1 Å². The summed E-state index contributed by atoms with van der Waals surface area (Å²) in [5.41, 5.74) is -0.649. The number of nitrogens with zero attached hydrogens (tertiary/aromatic N) is 2. The van der Waals surface area contributed by atoms with Gasteiger partial charge in [0.15, 0.2) is 0 Å². The summed E-state index contributed by atoms with van der Waals surface area (Å²) >= 11 is 0. The van der Waals surface area contributed by atoms with Gasteiger partial charge in [0.05, 0.1) is 12.6 Å². The van der Waals surface area contributed by atoms with Gasteiger partial charge in [-0.3, -0.25) is 9.69 Å². The molecule has 0 atom stereocenters. The molecule has 1 N–H and O–H groups in total. The Morgan fingerprint density at radius 2 is 1.84 bits per heavy atom. The molecule has 1 aliphatic rings. The molecular weight excluding hydrogens is 238 g/mol. The average molecular weight is 261 g/mol. The summed E-state index contributed by atoms with van der Waals surface area (Å²) in [5, 5.41) is 12.2. The highest BCUT2D eigenvalue weighted by Crippen LogP contribution is 2.27. The van der Waals surface area contributed by atoms with E-state index in [4.69, 9.17) is 0 Å². The van der Waals surface area contributed by atoms with Crippen LogP contribution in [0.4, 0.5) is 0 Å². The van der Waals surface area contributed by atoms with E-state index in [9.17, 15) is 10.1 Å². The first-order chi connectivity index (χ1) is 9.15. The van der Waals surface area contributed by atoms with Gasteiger partial charge >= 0.3 is 0 Å². The van der Waals surface area contributed by atoms with E-state index in [1.807, 2.05) is 4.90 Å². The second kappa shape index (κ2) is 7.75. The normalized spacial score (nSPS) is 17.5. The Balaban J connectivity index is 2.54. The Morgan fingerprint density at radius 1 is 1.26 bits per heavy atom. The third kappa shape index (κ3) is 4.88. The second-order valence-electron chi connectivity index (χ2n) is 5.07. The number of carbonyl (C=O) groups is 1. The minimum Gasteiger partial charge on any atom is -0.337 e. The highest BCUT2D eigenvalue weighted by Gasteiger charge is 2.33. The lowest BCUT2D eigenvalue weighted by molar-refractivity contribution is -0.123.